The third-order valence-corrected chi connectivity index (χ3v) is 3.98. The van der Waals surface area contributed by atoms with E-state index < -0.39 is 0 Å². The zero-order chi connectivity index (χ0) is 12.4. The van der Waals surface area contributed by atoms with Crippen molar-refractivity contribution < 1.29 is 4.79 Å². The minimum absolute atomic E-state index is 0.165. The highest BCUT2D eigenvalue weighted by Gasteiger charge is 2.29. The normalized spacial score (nSPS) is 19.5. The fourth-order valence-corrected chi connectivity index (χ4v) is 2.51. The number of nitrogens with zero attached hydrogens (tertiary/aromatic N) is 2. The number of benzene rings is 1. The molecule has 0 saturated carbocycles. The topological polar surface area (TPSA) is 44.1 Å². The second kappa shape index (κ2) is 4.89. The number of rotatable bonds is 2. The SMILES string of the molecule is Cc1cc(N2CC(CBr)CC2=O)ccc1C#N. The molecule has 0 radical (unpaired) electrons. The summed E-state index contributed by atoms with van der Waals surface area (Å²) in [6.07, 6.45) is 0.601. The lowest BCUT2D eigenvalue weighted by Crippen LogP contribution is -2.24. The third kappa shape index (κ3) is 2.34. The van der Waals surface area contributed by atoms with Crippen molar-refractivity contribution in [2.24, 2.45) is 5.92 Å². The van der Waals surface area contributed by atoms with Crippen LogP contribution in [-0.2, 0) is 4.79 Å². The van der Waals surface area contributed by atoms with Crippen molar-refractivity contribution in [1.29, 1.82) is 5.26 Å². The first kappa shape index (κ1) is 12.1. The molecule has 1 unspecified atom stereocenters. The van der Waals surface area contributed by atoms with E-state index in [-0.39, 0.29) is 5.91 Å². The molecule has 0 N–H and O–H groups in total. The summed E-state index contributed by atoms with van der Waals surface area (Å²) in [5.41, 5.74) is 2.48. The van der Waals surface area contributed by atoms with E-state index in [1.165, 1.54) is 0 Å². The summed E-state index contributed by atoms with van der Waals surface area (Å²) in [5, 5.41) is 9.72. The van der Waals surface area contributed by atoms with Crippen molar-refractivity contribution in [2.75, 3.05) is 16.8 Å². The van der Waals surface area contributed by atoms with E-state index >= 15 is 0 Å². The van der Waals surface area contributed by atoms with E-state index in [2.05, 4.69) is 22.0 Å². The van der Waals surface area contributed by atoms with Crippen LogP contribution in [0.3, 0.4) is 0 Å². The quantitative estimate of drug-likeness (QED) is 0.787. The fourth-order valence-electron chi connectivity index (χ4n) is 2.08. The molecule has 0 spiro atoms. The van der Waals surface area contributed by atoms with Gasteiger partial charge in [-0.15, -0.1) is 0 Å². The van der Waals surface area contributed by atoms with Crippen molar-refractivity contribution in [1.82, 2.24) is 0 Å². The summed E-state index contributed by atoms with van der Waals surface area (Å²) in [5.74, 6) is 0.553. The Morgan fingerprint density at radius 1 is 1.59 bits per heavy atom. The number of anilines is 1. The lowest BCUT2D eigenvalue weighted by Gasteiger charge is -2.17. The Bertz CT molecular complexity index is 493. The molecule has 1 saturated heterocycles. The van der Waals surface area contributed by atoms with Crippen LogP contribution >= 0.6 is 15.9 Å². The molecule has 1 heterocycles. The van der Waals surface area contributed by atoms with E-state index in [0.717, 1.165) is 23.1 Å². The molecule has 3 nitrogen and oxygen atoms in total. The van der Waals surface area contributed by atoms with Gasteiger partial charge in [-0.05, 0) is 36.6 Å². The molecule has 0 aromatic heterocycles. The highest BCUT2D eigenvalue weighted by atomic mass is 79.9. The highest BCUT2D eigenvalue weighted by molar-refractivity contribution is 9.09. The maximum absolute atomic E-state index is 11.8. The summed E-state index contributed by atoms with van der Waals surface area (Å²) in [7, 11) is 0. The van der Waals surface area contributed by atoms with Gasteiger partial charge in [0.25, 0.3) is 0 Å². The van der Waals surface area contributed by atoms with Gasteiger partial charge in [0, 0.05) is 24.0 Å². The Morgan fingerprint density at radius 2 is 2.35 bits per heavy atom. The minimum Gasteiger partial charge on any atom is -0.312 e. The number of nitriles is 1. The van der Waals surface area contributed by atoms with Crippen LogP contribution in [0.2, 0.25) is 0 Å². The van der Waals surface area contributed by atoms with Gasteiger partial charge in [-0.1, -0.05) is 15.9 Å². The van der Waals surface area contributed by atoms with Crippen LogP contribution in [0.15, 0.2) is 18.2 Å². The predicted molar refractivity (Wildman–Crippen MR) is 70.1 cm³/mol. The van der Waals surface area contributed by atoms with Crippen LogP contribution in [-0.4, -0.2) is 17.8 Å². The van der Waals surface area contributed by atoms with E-state index in [4.69, 9.17) is 5.26 Å². The van der Waals surface area contributed by atoms with Crippen LogP contribution in [0, 0.1) is 24.2 Å². The Hall–Kier alpha value is -1.34. The van der Waals surface area contributed by atoms with Crippen molar-refractivity contribution in [3.63, 3.8) is 0 Å². The van der Waals surface area contributed by atoms with E-state index in [0.29, 0.717) is 17.9 Å². The van der Waals surface area contributed by atoms with Gasteiger partial charge in [-0.3, -0.25) is 4.79 Å². The summed E-state index contributed by atoms with van der Waals surface area (Å²) >= 11 is 3.42. The standard InChI is InChI=1S/C13H13BrN2O/c1-9-4-12(3-2-11(9)7-15)16-8-10(6-14)5-13(16)17/h2-4,10H,5-6,8H2,1H3. The van der Waals surface area contributed by atoms with Crippen molar-refractivity contribution in [2.45, 2.75) is 13.3 Å². The van der Waals surface area contributed by atoms with E-state index in [9.17, 15) is 4.79 Å². The van der Waals surface area contributed by atoms with Crippen LogP contribution in [0.1, 0.15) is 17.5 Å². The maximum atomic E-state index is 11.8. The van der Waals surface area contributed by atoms with Gasteiger partial charge >= 0.3 is 0 Å². The Labute approximate surface area is 109 Å². The maximum Gasteiger partial charge on any atom is 0.227 e. The molecule has 0 bridgehead atoms. The number of halogens is 1. The molecule has 4 heteroatoms. The second-order valence-electron chi connectivity index (χ2n) is 4.34. The van der Waals surface area contributed by atoms with Crippen LogP contribution in [0.25, 0.3) is 0 Å². The molecule has 1 aliphatic rings. The predicted octanol–water partition coefficient (Wildman–Crippen LogP) is 2.61. The average molecular weight is 293 g/mol. The number of hydrogen-bond donors (Lipinski definition) is 0. The number of alkyl halides is 1. The van der Waals surface area contributed by atoms with Crippen molar-refractivity contribution >= 4 is 27.5 Å². The Balaban J connectivity index is 2.27. The van der Waals surface area contributed by atoms with Crippen LogP contribution in [0.5, 0.6) is 0 Å². The van der Waals surface area contributed by atoms with Crippen molar-refractivity contribution in [3.8, 4) is 6.07 Å². The number of carbonyl (C=O) groups is 1. The average Bonchev–Trinajstić information content (AvgIpc) is 2.70. The molecule has 0 aliphatic carbocycles. The molecule has 17 heavy (non-hydrogen) atoms. The van der Waals surface area contributed by atoms with Crippen LogP contribution < -0.4 is 4.90 Å². The molecular formula is C13H13BrN2O. The zero-order valence-electron chi connectivity index (χ0n) is 9.61. The number of hydrogen-bond acceptors (Lipinski definition) is 2. The molecule has 1 atom stereocenters. The van der Waals surface area contributed by atoms with Gasteiger partial charge in [0.15, 0.2) is 0 Å². The highest BCUT2D eigenvalue weighted by Crippen LogP contribution is 2.27. The lowest BCUT2D eigenvalue weighted by atomic mass is 10.1. The molecule has 2 rings (SSSR count). The number of aryl methyl sites for hydroxylation is 1. The molecule has 1 aromatic carbocycles. The summed E-state index contributed by atoms with van der Waals surface area (Å²) in [4.78, 5) is 13.7. The molecule has 88 valence electrons. The molecule has 1 aliphatic heterocycles. The van der Waals surface area contributed by atoms with Gasteiger partial charge in [0.1, 0.15) is 0 Å². The largest absolute Gasteiger partial charge is 0.312 e. The second-order valence-corrected chi connectivity index (χ2v) is 4.99. The molecule has 1 aromatic rings. The molecular weight excluding hydrogens is 280 g/mol. The first-order valence-electron chi connectivity index (χ1n) is 5.52. The van der Waals surface area contributed by atoms with E-state index in [1.54, 1.807) is 11.0 Å². The summed E-state index contributed by atoms with van der Waals surface area (Å²) < 4.78 is 0. The number of amides is 1. The zero-order valence-corrected chi connectivity index (χ0v) is 11.2. The Morgan fingerprint density at radius 3 is 2.88 bits per heavy atom. The van der Waals surface area contributed by atoms with E-state index in [1.807, 2.05) is 19.1 Å². The third-order valence-electron chi connectivity index (χ3n) is 3.07. The minimum atomic E-state index is 0.165. The first-order valence-corrected chi connectivity index (χ1v) is 6.65. The van der Waals surface area contributed by atoms with Gasteiger partial charge in [-0.25, -0.2) is 0 Å². The monoisotopic (exact) mass is 292 g/mol. The Kier molecular flexibility index (Phi) is 3.49. The fraction of sp³-hybridized carbons (Fsp3) is 0.385. The summed E-state index contributed by atoms with van der Waals surface area (Å²) in [6.45, 7) is 2.65. The first-order chi connectivity index (χ1) is 8.15. The van der Waals surface area contributed by atoms with Gasteiger partial charge in [0.05, 0.1) is 11.6 Å². The smallest absolute Gasteiger partial charge is 0.227 e. The van der Waals surface area contributed by atoms with Gasteiger partial charge < -0.3 is 4.90 Å². The lowest BCUT2D eigenvalue weighted by molar-refractivity contribution is -0.117. The van der Waals surface area contributed by atoms with Gasteiger partial charge in [0.2, 0.25) is 5.91 Å². The van der Waals surface area contributed by atoms with Crippen molar-refractivity contribution in [3.05, 3.63) is 29.3 Å². The van der Waals surface area contributed by atoms with Gasteiger partial charge in [-0.2, -0.15) is 5.26 Å². The van der Waals surface area contributed by atoms with Crippen LogP contribution in [0.4, 0.5) is 5.69 Å². The summed E-state index contributed by atoms with van der Waals surface area (Å²) in [6, 6.07) is 7.67. The molecule has 1 amide bonds. The molecule has 1 fully saturated rings. The number of carbonyl (C=O) groups excluding carboxylic acids is 1.